The highest BCUT2D eigenvalue weighted by molar-refractivity contribution is 7.91. The van der Waals surface area contributed by atoms with Crippen LogP contribution in [-0.2, 0) is 14.6 Å². The average Bonchev–Trinajstić information content (AvgIpc) is 3.02. The molecule has 1 amide bonds. The normalized spacial score (nSPS) is 13.5. The lowest BCUT2D eigenvalue weighted by atomic mass is 9.96. The summed E-state index contributed by atoms with van der Waals surface area (Å²) < 4.78 is 39.7. The number of carbonyl (C=O) groups is 1. The number of amides is 1. The van der Waals surface area contributed by atoms with E-state index in [1.807, 2.05) is 0 Å². The largest absolute Gasteiger partial charge is 0.354 e. The Morgan fingerprint density at radius 1 is 1.28 bits per heavy atom. The summed E-state index contributed by atoms with van der Waals surface area (Å²) in [5.41, 5.74) is -0.347. The van der Waals surface area contributed by atoms with Gasteiger partial charge in [-0.05, 0) is 42.1 Å². The van der Waals surface area contributed by atoms with Gasteiger partial charge in [-0.15, -0.1) is 11.3 Å². The predicted octanol–water partition coefficient (Wildman–Crippen LogP) is 3.87. The molecule has 0 unspecified atom stereocenters. The van der Waals surface area contributed by atoms with Crippen molar-refractivity contribution in [2.75, 3.05) is 6.54 Å². The zero-order valence-electron chi connectivity index (χ0n) is 14.7. The van der Waals surface area contributed by atoms with Gasteiger partial charge in [0.1, 0.15) is 11.1 Å². The second-order valence-electron chi connectivity index (χ2n) is 6.92. The minimum atomic E-state index is -3.78. The third-order valence-electron chi connectivity index (χ3n) is 3.82. The molecule has 0 aliphatic rings. The molecule has 0 aliphatic heterocycles. The first kappa shape index (κ1) is 19.6. The number of halogens is 1. The van der Waals surface area contributed by atoms with E-state index in [0.29, 0.717) is 4.88 Å². The molecule has 2 rings (SSSR count). The molecular formula is C18H22FNO3S2. The highest BCUT2D eigenvalue weighted by Crippen LogP contribution is 2.32. The first-order valence-corrected chi connectivity index (χ1v) is 10.3. The molecule has 0 fully saturated rings. The zero-order chi connectivity index (χ0) is 18.8. The Kier molecular flexibility index (Phi) is 5.68. The number of thiophene rings is 1. The Bertz CT molecular complexity index is 853. The number of sulfone groups is 1. The lowest BCUT2D eigenvalue weighted by molar-refractivity contribution is -0.128. The van der Waals surface area contributed by atoms with Gasteiger partial charge in [-0.25, -0.2) is 12.8 Å². The Labute approximate surface area is 152 Å². The molecule has 1 aromatic carbocycles. The summed E-state index contributed by atoms with van der Waals surface area (Å²) in [7, 11) is -3.78. The van der Waals surface area contributed by atoms with Crippen LogP contribution in [0.4, 0.5) is 4.39 Å². The van der Waals surface area contributed by atoms with Crippen LogP contribution < -0.4 is 5.32 Å². The van der Waals surface area contributed by atoms with E-state index >= 15 is 0 Å². The third-order valence-corrected chi connectivity index (χ3v) is 7.04. The highest BCUT2D eigenvalue weighted by Gasteiger charge is 2.32. The van der Waals surface area contributed by atoms with E-state index in [1.165, 1.54) is 30.4 Å². The Balaban J connectivity index is 2.38. The first-order chi connectivity index (χ1) is 11.5. The van der Waals surface area contributed by atoms with Crippen molar-refractivity contribution in [3.63, 3.8) is 0 Å². The topological polar surface area (TPSA) is 63.2 Å². The third kappa shape index (κ3) is 4.46. The average molecular weight is 384 g/mol. The van der Waals surface area contributed by atoms with E-state index in [1.54, 1.807) is 38.3 Å². The van der Waals surface area contributed by atoms with E-state index < -0.39 is 26.3 Å². The fourth-order valence-corrected chi connectivity index (χ4v) is 5.11. The van der Waals surface area contributed by atoms with E-state index in [2.05, 4.69) is 5.32 Å². The molecule has 4 nitrogen and oxygen atoms in total. The number of hydrogen-bond acceptors (Lipinski definition) is 4. The fourth-order valence-electron chi connectivity index (χ4n) is 2.25. The molecule has 25 heavy (non-hydrogen) atoms. The molecule has 1 N–H and O–H groups in total. The lowest BCUT2D eigenvalue weighted by Crippen LogP contribution is -2.38. The second-order valence-corrected chi connectivity index (χ2v) is 10.0. The van der Waals surface area contributed by atoms with Crippen LogP contribution in [0, 0.1) is 18.2 Å². The van der Waals surface area contributed by atoms with Gasteiger partial charge in [0.05, 0.1) is 4.90 Å². The van der Waals surface area contributed by atoms with Crippen molar-refractivity contribution in [1.29, 1.82) is 0 Å². The maximum atomic E-state index is 13.5. The molecule has 0 aliphatic carbocycles. The highest BCUT2D eigenvalue weighted by atomic mass is 32.2. The van der Waals surface area contributed by atoms with Gasteiger partial charge in [0.2, 0.25) is 5.91 Å². The maximum absolute atomic E-state index is 13.5. The predicted molar refractivity (Wildman–Crippen MR) is 97.8 cm³/mol. The van der Waals surface area contributed by atoms with Crippen LogP contribution in [0.2, 0.25) is 0 Å². The Morgan fingerprint density at radius 2 is 1.96 bits per heavy atom. The van der Waals surface area contributed by atoms with Crippen LogP contribution in [-0.4, -0.2) is 20.9 Å². The number of nitrogens with one attached hydrogen (secondary N) is 1. The van der Waals surface area contributed by atoms with Crippen molar-refractivity contribution in [3.05, 3.63) is 52.0 Å². The minimum Gasteiger partial charge on any atom is -0.354 e. The lowest BCUT2D eigenvalue weighted by Gasteiger charge is -2.22. The minimum absolute atomic E-state index is 0.0324. The van der Waals surface area contributed by atoms with Crippen LogP contribution in [0.5, 0.6) is 0 Å². The SMILES string of the molecule is Cc1cc(S(=O)(=O)[C@H](CNC(=O)C(C)(C)C)c2cccs2)ccc1F. The molecule has 0 radical (unpaired) electrons. The summed E-state index contributed by atoms with van der Waals surface area (Å²) >= 11 is 1.31. The van der Waals surface area contributed by atoms with E-state index in [0.717, 1.165) is 6.07 Å². The molecule has 1 heterocycles. The van der Waals surface area contributed by atoms with Gasteiger partial charge in [0.25, 0.3) is 0 Å². The van der Waals surface area contributed by atoms with E-state index in [9.17, 15) is 17.6 Å². The Morgan fingerprint density at radius 3 is 2.48 bits per heavy atom. The van der Waals surface area contributed by atoms with Crippen LogP contribution >= 0.6 is 11.3 Å². The van der Waals surface area contributed by atoms with Gasteiger partial charge < -0.3 is 5.32 Å². The van der Waals surface area contributed by atoms with Crippen molar-refractivity contribution in [1.82, 2.24) is 5.32 Å². The molecule has 0 saturated heterocycles. The Hall–Kier alpha value is -1.73. The van der Waals surface area contributed by atoms with Crippen molar-refractivity contribution in [3.8, 4) is 0 Å². The standard InChI is InChI=1S/C18H22FNO3S2/c1-12-10-13(7-8-14(12)19)25(22,23)16(15-6-5-9-24-15)11-20-17(21)18(2,3)4/h5-10,16H,11H2,1-4H3,(H,20,21)/t16-/m1/s1. The molecule has 0 spiro atoms. The number of hydrogen-bond donors (Lipinski definition) is 1. The van der Waals surface area contributed by atoms with Crippen molar-refractivity contribution in [2.24, 2.45) is 5.41 Å². The quantitative estimate of drug-likeness (QED) is 0.797. The van der Waals surface area contributed by atoms with Crippen LogP contribution in [0.25, 0.3) is 0 Å². The van der Waals surface area contributed by atoms with Gasteiger partial charge in [-0.1, -0.05) is 26.8 Å². The number of rotatable bonds is 5. The van der Waals surface area contributed by atoms with Gasteiger partial charge in [0.15, 0.2) is 9.84 Å². The second kappa shape index (κ2) is 7.25. The molecule has 2 aromatic rings. The monoisotopic (exact) mass is 383 g/mol. The molecule has 0 saturated carbocycles. The van der Waals surface area contributed by atoms with Gasteiger partial charge in [0, 0.05) is 16.8 Å². The smallest absolute Gasteiger partial charge is 0.225 e. The van der Waals surface area contributed by atoms with E-state index in [-0.39, 0.29) is 22.9 Å². The van der Waals surface area contributed by atoms with Gasteiger partial charge >= 0.3 is 0 Å². The van der Waals surface area contributed by atoms with Crippen molar-refractivity contribution in [2.45, 2.75) is 37.8 Å². The van der Waals surface area contributed by atoms with Crippen LogP contribution in [0.1, 0.15) is 36.5 Å². The summed E-state index contributed by atoms with van der Waals surface area (Å²) in [5.74, 6) is -0.674. The van der Waals surface area contributed by atoms with Crippen molar-refractivity contribution >= 4 is 27.1 Å². The van der Waals surface area contributed by atoms with E-state index in [4.69, 9.17) is 0 Å². The fraction of sp³-hybridized carbons (Fsp3) is 0.389. The summed E-state index contributed by atoms with van der Waals surface area (Å²) in [6, 6.07) is 7.25. The number of aryl methyl sites for hydroxylation is 1. The summed E-state index contributed by atoms with van der Waals surface area (Å²) in [4.78, 5) is 12.8. The molecule has 136 valence electrons. The van der Waals surface area contributed by atoms with Crippen LogP contribution in [0.3, 0.4) is 0 Å². The molecular weight excluding hydrogens is 361 g/mol. The summed E-state index contributed by atoms with van der Waals surface area (Å²) in [6.45, 7) is 6.78. The first-order valence-electron chi connectivity index (χ1n) is 7.85. The molecule has 1 aromatic heterocycles. The number of benzene rings is 1. The van der Waals surface area contributed by atoms with Crippen molar-refractivity contribution < 1.29 is 17.6 Å². The zero-order valence-corrected chi connectivity index (χ0v) is 16.3. The summed E-state index contributed by atoms with van der Waals surface area (Å²) in [6.07, 6.45) is 0. The maximum Gasteiger partial charge on any atom is 0.225 e. The molecule has 7 heteroatoms. The van der Waals surface area contributed by atoms with Gasteiger partial charge in [-0.3, -0.25) is 4.79 Å². The molecule has 1 atom stereocenters. The number of carbonyl (C=O) groups excluding carboxylic acids is 1. The van der Waals surface area contributed by atoms with Crippen LogP contribution in [0.15, 0.2) is 40.6 Å². The summed E-state index contributed by atoms with van der Waals surface area (Å²) in [5, 5.41) is 3.61. The molecule has 0 bridgehead atoms. The van der Waals surface area contributed by atoms with Gasteiger partial charge in [-0.2, -0.15) is 0 Å².